The second kappa shape index (κ2) is 5.48. The summed E-state index contributed by atoms with van der Waals surface area (Å²) in [7, 11) is 0. The number of rotatable bonds is 2. The topological polar surface area (TPSA) is 72.3 Å². The van der Waals surface area contributed by atoms with Crippen molar-refractivity contribution in [2.24, 2.45) is 0 Å². The fraction of sp³-hybridized carbons (Fsp3) is 0.235. The first-order chi connectivity index (χ1) is 10.1. The highest BCUT2D eigenvalue weighted by molar-refractivity contribution is 5.96. The van der Waals surface area contributed by atoms with Gasteiger partial charge in [-0.2, -0.15) is 0 Å². The van der Waals surface area contributed by atoms with Crippen molar-refractivity contribution in [3.8, 4) is 0 Å². The zero-order chi connectivity index (χ0) is 14.8. The molecule has 108 valence electrons. The lowest BCUT2D eigenvalue weighted by Crippen LogP contribution is -2.30. The molecule has 1 heterocycles. The van der Waals surface area contributed by atoms with Crippen LogP contribution in [0.3, 0.4) is 0 Å². The van der Waals surface area contributed by atoms with Gasteiger partial charge in [0.25, 0.3) is 5.91 Å². The molecule has 1 saturated heterocycles. The number of nitrogen functional groups attached to an aromatic ring is 2. The number of carbonyl (C=O) groups excluding carboxylic acids is 1. The van der Waals surface area contributed by atoms with Gasteiger partial charge in [-0.1, -0.05) is 30.3 Å². The van der Waals surface area contributed by atoms with E-state index in [1.807, 2.05) is 23.1 Å². The van der Waals surface area contributed by atoms with Crippen molar-refractivity contribution < 1.29 is 4.79 Å². The van der Waals surface area contributed by atoms with Gasteiger partial charge < -0.3 is 16.4 Å². The van der Waals surface area contributed by atoms with Crippen LogP contribution in [0.15, 0.2) is 48.5 Å². The summed E-state index contributed by atoms with van der Waals surface area (Å²) in [6.45, 7) is 0.771. The Morgan fingerprint density at radius 2 is 1.71 bits per heavy atom. The number of likely N-dealkylation sites (tertiary alicyclic amines) is 1. The van der Waals surface area contributed by atoms with Gasteiger partial charge in [-0.05, 0) is 36.6 Å². The minimum atomic E-state index is 0.000327. The van der Waals surface area contributed by atoms with E-state index in [1.54, 1.807) is 18.2 Å². The Labute approximate surface area is 124 Å². The van der Waals surface area contributed by atoms with E-state index >= 15 is 0 Å². The van der Waals surface area contributed by atoms with Gasteiger partial charge in [0.1, 0.15) is 0 Å². The van der Waals surface area contributed by atoms with Crippen LogP contribution in [-0.4, -0.2) is 17.4 Å². The van der Waals surface area contributed by atoms with Crippen molar-refractivity contribution >= 4 is 17.3 Å². The molecule has 0 aromatic heterocycles. The van der Waals surface area contributed by atoms with Crippen LogP contribution in [0.25, 0.3) is 0 Å². The van der Waals surface area contributed by atoms with E-state index in [0.717, 1.165) is 19.4 Å². The smallest absolute Gasteiger partial charge is 0.254 e. The van der Waals surface area contributed by atoms with Crippen LogP contribution in [0.4, 0.5) is 11.4 Å². The minimum absolute atomic E-state index is 0.000327. The highest BCUT2D eigenvalue weighted by Crippen LogP contribution is 2.33. The molecule has 1 aliphatic rings. The van der Waals surface area contributed by atoms with Gasteiger partial charge in [0.2, 0.25) is 0 Å². The van der Waals surface area contributed by atoms with Crippen LogP contribution in [0.2, 0.25) is 0 Å². The van der Waals surface area contributed by atoms with Crippen molar-refractivity contribution in [2.45, 2.75) is 18.9 Å². The lowest BCUT2D eigenvalue weighted by molar-refractivity contribution is 0.0736. The maximum Gasteiger partial charge on any atom is 0.254 e. The van der Waals surface area contributed by atoms with Gasteiger partial charge in [0, 0.05) is 23.5 Å². The van der Waals surface area contributed by atoms with E-state index in [2.05, 4.69) is 12.1 Å². The summed E-state index contributed by atoms with van der Waals surface area (Å²) < 4.78 is 0. The molecule has 0 radical (unpaired) electrons. The van der Waals surface area contributed by atoms with E-state index in [1.165, 1.54) is 5.56 Å². The molecule has 2 aromatic carbocycles. The number of hydrogen-bond acceptors (Lipinski definition) is 3. The Balaban J connectivity index is 1.90. The van der Waals surface area contributed by atoms with Crippen LogP contribution in [-0.2, 0) is 0 Å². The molecular formula is C17H19N3O. The molecule has 4 heteroatoms. The molecule has 1 aliphatic heterocycles. The number of nitrogens with zero attached hydrogens (tertiary/aromatic N) is 1. The SMILES string of the molecule is Nc1cc(N)cc(C(=O)N2CCCC2c2ccccc2)c1. The fourth-order valence-electron chi connectivity index (χ4n) is 3.00. The molecule has 2 aromatic rings. The molecule has 0 aliphatic carbocycles. The first-order valence-corrected chi connectivity index (χ1v) is 7.17. The predicted molar refractivity (Wildman–Crippen MR) is 84.7 cm³/mol. The Hall–Kier alpha value is -2.49. The van der Waals surface area contributed by atoms with Crippen LogP contribution in [0.1, 0.15) is 34.8 Å². The second-order valence-electron chi connectivity index (χ2n) is 5.46. The highest BCUT2D eigenvalue weighted by atomic mass is 16.2. The molecule has 1 amide bonds. The average Bonchev–Trinajstić information content (AvgIpc) is 2.95. The molecule has 1 atom stereocenters. The second-order valence-corrected chi connectivity index (χ2v) is 5.46. The van der Waals surface area contributed by atoms with E-state index in [4.69, 9.17) is 11.5 Å². The number of carbonyl (C=O) groups is 1. The van der Waals surface area contributed by atoms with Crippen molar-refractivity contribution in [3.63, 3.8) is 0 Å². The van der Waals surface area contributed by atoms with E-state index in [-0.39, 0.29) is 11.9 Å². The van der Waals surface area contributed by atoms with Gasteiger partial charge in [-0.15, -0.1) is 0 Å². The van der Waals surface area contributed by atoms with Gasteiger partial charge in [0.05, 0.1) is 6.04 Å². The normalized spacial score (nSPS) is 17.9. The van der Waals surface area contributed by atoms with Crippen LogP contribution < -0.4 is 11.5 Å². The van der Waals surface area contributed by atoms with Crippen LogP contribution >= 0.6 is 0 Å². The first-order valence-electron chi connectivity index (χ1n) is 7.17. The molecular weight excluding hydrogens is 262 g/mol. The monoisotopic (exact) mass is 281 g/mol. The number of hydrogen-bond donors (Lipinski definition) is 2. The summed E-state index contributed by atoms with van der Waals surface area (Å²) in [5.74, 6) is 0.000327. The zero-order valence-electron chi connectivity index (χ0n) is 11.8. The highest BCUT2D eigenvalue weighted by Gasteiger charge is 2.30. The molecule has 1 fully saturated rings. The maximum atomic E-state index is 12.7. The molecule has 0 saturated carbocycles. The van der Waals surface area contributed by atoms with Gasteiger partial charge in [-0.25, -0.2) is 0 Å². The molecule has 4 N–H and O–H groups in total. The van der Waals surface area contributed by atoms with E-state index in [0.29, 0.717) is 16.9 Å². The molecule has 4 nitrogen and oxygen atoms in total. The van der Waals surface area contributed by atoms with E-state index < -0.39 is 0 Å². The molecule has 1 unspecified atom stereocenters. The Bertz CT molecular complexity index is 634. The Kier molecular flexibility index (Phi) is 3.52. The lowest BCUT2D eigenvalue weighted by Gasteiger charge is -2.25. The summed E-state index contributed by atoms with van der Waals surface area (Å²) in [5, 5.41) is 0. The van der Waals surface area contributed by atoms with Crippen LogP contribution in [0.5, 0.6) is 0 Å². The third-order valence-corrected chi connectivity index (χ3v) is 3.92. The number of benzene rings is 2. The molecule has 0 spiro atoms. The van der Waals surface area contributed by atoms with Gasteiger partial charge in [0.15, 0.2) is 0 Å². The summed E-state index contributed by atoms with van der Waals surface area (Å²) in [5.41, 5.74) is 14.4. The summed E-state index contributed by atoms with van der Waals surface area (Å²) in [6, 6.07) is 15.3. The quantitative estimate of drug-likeness (QED) is 0.831. The summed E-state index contributed by atoms with van der Waals surface area (Å²) in [4.78, 5) is 14.7. The maximum absolute atomic E-state index is 12.7. The standard InChI is InChI=1S/C17H19N3O/c18-14-9-13(10-15(19)11-14)17(21)20-8-4-7-16(20)12-5-2-1-3-6-12/h1-3,5-6,9-11,16H,4,7-8,18-19H2. The third kappa shape index (κ3) is 2.70. The third-order valence-electron chi connectivity index (χ3n) is 3.92. The van der Waals surface area contributed by atoms with Crippen molar-refractivity contribution in [3.05, 3.63) is 59.7 Å². The Morgan fingerprint density at radius 3 is 2.38 bits per heavy atom. The van der Waals surface area contributed by atoms with Crippen molar-refractivity contribution in [1.29, 1.82) is 0 Å². The zero-order valence-corrected chi connectivity index (χ0v) is 11.8. The average molecular weight is 281 g/mol. The summed E-state index contributed by atoms with van der Waals surface area (Å²) >= 11 is 0. The number of amides is 1. The number of nitrogens with two attached hydrogens (primary N) is 2. The fourth-order valence-corrected chi connectivity index (χ4v) is 3.00. The first kappa shape index (κ1) is 13.5. The molecule has 3 rings (SSSR count). The van der Waals surface area contributed by atoms with Gasteiger partial charge >= 0.3 is 0 Å². The van der Waals surface area contributed by atoms with Crippen molar-refractivity contribution in [1.82, 2.24) is 4.90 Å². The van der Waals surface area contributed by atoms with E-state index in [9.17, 15) is 4.79 Å². The van der Waals surface area contributed by atoms with Crippen molar-refractivity contribution in [2.75, 3.05) is 18.0 Å². The Morgan fingerprint density at radius 1 is 1.05 bits per heavy atom. The number of anilines is 2. The minimum Gasteiger partial charge on any atom is -0.399 e. The molecule has 21 heavy (non-hydrogen) atoms. The summed E-state index contributed by atoms with van der Waals surface area (Å²) in [6.07, 6.45) is 2.01. The lowest BCUT2D eigenvalue weighted by atomic mass is 10.0. The largest absolute Gasteiger partial charge is 0.399 e. The predicted octanol–water partition coefficient (Wildman–Crippen LogP) is 2.83. The molecule has 0 bridgehead atoms. The van der Waals surface area contributed by atoms with Crippen LogP contribution in [0, 0.1) is 0 Å². The van der Waals surface area contributed by atoms with Gasteiger partial charge in [-0.3, -0.25) is 4.79 Å².